The van der Waals surface area contributed by atoms with E-state index < -0.39 is 0 Å². The van der Waals surface area contributed by atoms with Crippen molar-refractivity contribution in [3.8, 4) is 22.8 Å². The summed E-state index contributed by atoms with van der Waals surface area (Å²) in [6.07, 6.45) is -0.237. The van der Waals surface area contributed by atoms with Crippen LogP contribution in [0.4, 0.5) is 0 Å². The summed E-state index contributed by atoms with van der Waals surface area (Å²) in [6.45, 7) is 0.785. The predicted octanol–water partition coefficient (Wildman–Crippen LogP) is 4.51. The van der Waals surface area contributed by atoms with Gasteiger partial charge in [0.1, 0.15) is 12.4 Å². The van der Waals surface area contributed by atoms with E-state index in [2.05, 4.69) is 0 Å². The van der Waals surface area contributed by atoms with Gasteiger partial charge >= 0.3 is 0 Å². The van der Waals surface area contributed by atoms with Crippen molar-refractivity contribution in [1.29, 1.82) is 0 Å². The third-order valence-electron chi connectivity index (χ3n) is 4.34. The minimum atomic E-state index is -0.237. The van der Waals surface area contributed by atoms with Crippen LogP contribution in [0, 0.1) is 0 Å². The van der Waals surface area contributed by atoms with Crippen LogP contribution in [-0.2, 0) is 0 Å². The number of ether oxygens (including phenoxy) is 2. The number of halogens is 1. The van der Waals surface area contributed by atoms with Crippen molar-refractivity contribution >= 4 is 17.5 Å². The van der Waals surface area contributed by atoms with Gasteiger partial charge in [0.2, 0.25) is 0 Å². The standard InChI is InChI=1S/C21H18ClNO4/c1-23(12-16-13-25-18-4-2-3-5-19(18)26-16)21(24)20-11-10-17(27-20)14-6-8-15(22)9-7-14/h2-11,16H,12-13H2,1H3/t16-/m0/s1. The molecule has 1 atom stereocenters. The molecule has 0 radical (unpaired) electrons. The van der Waals surface area contributed by atoms with Crippen LogP contribution in [0.15, 0.2) is 65.1 Å². The van der Waals surface area contributed by atoms with Gasteiger partial charge in [0.15, 0.2) is 23.4 Å². The summed E-state index contributed by atoms with van der Waals surface area (Å²) in [6, 6.07) is 18.2. The van der Waals surface area contributed by atoms with Crippen molar-refractivity contribution in [2.75, 3.05) is 20.2 Å². The highest BCUT2D eigenvalue weighted by atomic mass is 35.5. The van der Waals surface area contributed by atoms with Gasteiger partial charge in [-0.2, -0.15) is 0 Å². The highest BCUT2D eigenvalue weighted by molar-refractivity contribution is 6.30. The summed E-state index contributed by atoms with van der Waals surface area (Å²) in [7, 11) is 1.72. The van der Waals surface area contributed by atoms with Crippen molar-refractivity contribution in [2.24, 2.45) is 0 Å². The molecule has 1 aliphatic heterocycles. The van der Waals surface area contributed by atoms with E-state index in [0.717, 1.165) is 11.3 Å². The van der Waals surface area contributed by atoms with E-state index in [1.165, 1.54) is 0 Å². The first-order valence-corrected chi connectivity index (χ1v) is 8.97. The van der Waals surface area contributed by atoms with Crippen molar-refractivity contribution in [2.45, 2.75) is 6.10 Å². The molecule has 0 spiro atoms. The van der Waals surface area contributed by atoms with E-state index in [1.807, 2.05) is 36.4 Å². The highest BCUT2D eigenvalue weighted by Crippen LogP contribution is 2.31. The van der Waals surface area contributed by atoms with E-state index in [9.17, 15) is 4.79 Å². The fourth-order valence-electron chi connectivity index (χ4n) is 2.95. The number of likely N-dealkylation sites (N-methyl/N-ethyl adjacent to an activating group) is 1. The Labute approximate surface area is 162 Å². The molecule has 1 aliphatic rings. The zero-order valence-corrected chi connectivity index (χ0v) is 15.5. The second-order valence-corrected chi connectivity index (χ2v) is 6.79. The first kappa shape index (κ1) is 17.5. The Morgan fingerprint density at radius 2 is 1.81 bits per heavy atom. The molecule has 2 heterocycles. The van der Waals surface area contributed by atoms with Crippen molar-refractivity contribution in [3.05, 3.63) is 71.4 Å². The number of rotatable bonds is 4. The Hall–Kier alpha value is -2.92. The average Bonchev–Trinajstić information content (AvgIpc) is 3.18. The normalized spacial score (nSPS) is 15.4. The van der Waals surface area contributed by atoms with Crippen LogP contribution >= 0.6 is 11.6 Å². The first-order valence-electron chi connectivity index (χ1n) is 8.60. The lowest BCUT2D eigenvalue weighted by Crippen LogP contribution is -2.41. The van der Waals surface area contributed by atoms with E-state index in [1.54, 1.807) is 36.2 Å². The van der Waals surface area contributed by atoms with Gasteiger partial charge in [-0.25, -0.2) is 0 Å². The number of hydrogen-bond donors (Lipinski definition) is 0. The van der Waals surface area contributed by atoms with Crippen LogP contribution in [0.2, 0.25) is 5.02 Å². The maximum Gasteiger partial charge on any atom is 0.289 e. The Balaban J connectivity index is 1.42. The van der Waals surface area contributed by atoms with Gasteiger partial charge in [0, 0.05) is 17.6 Å². The van der Waals surface area contributed by atoms with E-state index in [0.29, 0.717) is 29.7 Å². The highest BCUT2D eigenvalue weighted by Gasteiger charge is 2.25. The lowest BCUT2D eigenvalue weighted by atomic mass is 10.2. The molecule has 0 N–H and O–H groups in total. The maximum absolute atomic E-state index is 12.7. The fourth-order valence-corrected chi connectivity index (χ4v) is 3.08. The monoisotopic (exact) mass is 383 g/mol. The summed E-state index contributed by atoms with van der Waals surface area (Å²) in [4.78, 5) is 14.3. The van der Waals surface area contributed by atoms with Gasteiger partial charge in [-0.05, 0) is 48.5 Å². The molecule has 0 saturated heterocycles. The minimum absolute atomic E-state index is 0.210. The van der Waals surface area contributed by atoms with Crippen LogP contribution < -0.4 is 9.47 Å². The van der Waals surface area contributed by atoms with Gasteiger partial charge in [0.05, 0.1) is 6.54 Å². The third-order valence-corrected chi connectivity index (χ3v) is 4.59. The lowest BCUT2D eigenvalue weighted by Gasteiger charge is -2.29. The molecule has 6 heteroatoms. The lowest BCUT2D eigenvalue weighted by molar-refractivity contribution is 0.0502. The SMILES string of the molecule is CN(C[C@H]1COc2ccccc2O1)C(=O)c1ccc(-c2ccc(Cl)cc2)o1. The predicted molar refractivity (Wildman–Crippen MR) is 102 cm³/mol. The largest absolute Gasteiger partial charge is 0.486 e. The first-order chi connectivity index (χ1) is 13.1. The molecule has 0 aliphatic carbocycles. The third kappa shape index (κ3) is 3.78. The molecule has 2 aromatic carbocycles. The maximum atomic E-state index is 12.7. The van der Waals surface area contributed by atoms with E-state index >= 15 is 0 Å². The number of fused-ring (bicyclic) bond motifs is 1. The number of carbonyl (C=O) groups is 1. The van der Waals surface area contributed by atoms with Crippen LogP contribution in [-0.4, -0.2) is 37.1 Å². The van der Waals surface area contributed by atoms with Gasteiger partial charge in [-0.1, -0.05) is 23.7 Å². The van der Waals surface area contributed by atoms with E-state index in [4.69, 9.17) is 25.5 Å². The summed E-state index contributed by atoms with van der Waals surface area (Å²) >= 11 is 5.91. The molecule has 0 unspecified atom stereocenters. The number of nitrogens with zero attached hydrogens (tertiary/aromatic N) is 1. The number of furan rings is 1. The summed E-state index contributed by atoms with van der Waals surface area (Å²) < 4.78 is 17.3. The van der Waals surface area contributed by atoms with Crippen molar-refractivity contribution in [1.82, 2.24) is 4.90 Å². The molecule has 138 valence electrons. The van der Waals surface area contributed by atoms with Crippen LogP contribution in [0.5, 0.6) is 11.5 Å². The Bertz CT molecular complexity index is 951. The number of carbonyl (C=O) groups excluding carboxylic acids is 1. The molecule has 4 rings (SSSR count). The molecule has 1 amide bonds. The van der Waals surface area contributed by atoms with Gasteiger partial charge < -0.3 is 18.8 Å². The molecule has 0 bridgehead atoms. The Kier molecular flexibility index (Phi) is 4.77. The second-order valence-electron chi connectivity index (χ2n) is 6.35. The Morgan fingerprint density at radius 3 is 2.59 bits per heavy atom. The second kappa shape index (κ2) is 7.37. The molecule has 0 fully saturated rings. The molecular formula is C21H18ClNO4. The van der Waals surface area contributed by atoms with Crippen LogP contribution in [0.3, 0.4) is 0 Å². The van der Waals surface area contributed by atoms with Crippen molar-refractivity contribution in [3.63, 3.8) is 0 Å². The molecule has 27 heavy (non-hydrogen) atoms. The van der Waals surface area contributed by atoms with Gasteiger partial charge in [0.25, 0.3) is 5.91 Å². The molecule has 3 aromatic rings. The van der Waals surface area contributed by atoms with Crippen molar-refractivity contribution < 1.29 is 18.7 Å². The van der Waals surface area contributed by atoms with Gasteiger partial charge in [-0.3, -0.25) is 4.79 Å². The smallest absolute Gasteiger partial charge is 0.289 e. The molecule has 0 saturated carbocycles. The Morgan fingerprint density at radius 1 is 1.07 bits per heavy atom. The summed E-state index contributed by atoms with van der Waals surface area (Å²) in [5, 5.41) is 0.651. The quantitative estimate of drug-likeness (QED) is 0.665. The summed E-state index contributed by atoms with van der Waals surface area (Å²) in [5.74, 6) is 2.10. The summed E-state index contributed by atoms with van der Waals surface area (Å²) in [5.41, 5.74) is 0.863. The number of hydrogen-bond acceptors (Lipinski definition) is 4. The molecule has 5 nitrogen and oxygen atoms in total. The van der Waals surface area contributed by atoms with Crippen LogP contribution in [0.25, 0.3) is 11.3 Å². The molecular weight excluding hydrogens is 366 g/mol. The number of benzene rings is 2. The molecule has 1 aromatic heterocycles. The van der Waals surface area contributed by atoms with Crippen LogP contribution in [0.1, 0.15) is 10.6 Å². The zero-order valence-electron chi connectivity index (χ0n) is 14.7. The number of amides is 1. The fraction of sp³-hybridized carbons (Fsp3) is 0.190. The topological polar surface area (TPSA) is 51.9 Å². The van der Waals surface area contributed by atoms with E-state index in [-0.39, 0.29) is 17.8 Å². The number of para-hydroxylation sites is 2. The van der Waals surface area contributed by atoms with Gasteiger partial charge in [-0.15, -0.1) is 0 Å². The average molecular weight is 384 g/mol. The zero-order chi connectivity index (χ0) is 18.8. The minimum Gasteiger partial charge on any atom is -0.486 e.